The number of nitrogens with one attached hydrogen (secondary N) is 1. The van der Waals surface area contributed by atoms with Crippen LogP contribution in [0.15, 0.2) is 11.6 Å². The summed E-state index contributed by atoms with van der Waals surface area (Å²) in [6, 6.07) is 0. The molecule has 1 saturated heterocycles. The van der Waals surface area contributed by atoms with Crippen molar-refractivity contribution in [1.29, 1.82) is 0 Å². The van der Waals surface area contributed by atoms with Crippen LogP contribution in [0.25, 0.3) is 0 Å². The summed E-state index contributed by atoms with van der Waals surface area (Å²) in [7, 11) is 0. The topological polar surface area (TPSA) is 134 Å². The molecule has 1 fully saturated rings. The lowest BCUT2D eigenvalue weighted by atomic mass is 9.69. The van der Waals surface area contributed by atoms with Crippen molar-refractivity contribution in [2.75, 3.05) is 19.6 Å². The van der Waals surface area contributed by atoms with Gasteiger partial charge in [-0.05, 0) is 6.92 Å². The van der Waals surface area contributed by atoms with E-state index in [1.54, 1.807) is 0 Å². The molecular formula is C11H17N4O5+. The fourth-order valence-corrected chi connectivity index (χ4v) is 3.40. The summed E-state index contributed by atoms with van der Waals surface area (Å²) in [6.07, 6.45) is 0.931. The van der Waals surface area contributed by atoms with Crippen molar-refractivity contribution in [3.8, 4) is 0 Å². The number of piperidine rings is 1. The predicted molar refractivity (Wildman–Crippen MR) is 67.2 cm³/mol. The van der Waals surface area contributed by atoms with E-state index in [9.17, 15) is 25.0 Å². The fourth-order valence-electron chi connectivity index (χ4n) is 3.40. The highest BCUT2D eigenvalue weighted by Crippen LogP contribution is 2.39. The zero-order valence-corrected chi connectivity index (χ0v) is 11.1. The third-order valence-corrected chi connectivity index (χ3v) is 4.30. The van der Waals surface area contributed by atoms with Crippen LogP contribution in [0.3, 0.4) is 0 Å². The minimum Gasteiger partial charge on any atom is -0.366 e. The zero-order chi connectivity index (χ0) is 15.1. The van der Waals surface area contributed by atoms with Gasteiger partial charge in [0.2, 0.25) is 5.91 Å². The highest BCUT2D eigenvalue weighted by Gasteiger charge is 2.66. The molecule has 0 aromatic heterocycles. The largest absolute Gasteiger partial charge is 0.366 e. The predicted octanol–water partition coefficient (Wildman–Crippen LogP) is -1.86. The SMILES string of the molecule is CC[NH+]1C[C@]2([N+](=O)[O-])C=C(C(N)=O)C[C@@]([N+](=O)[O-])(C1)C2. The van der Waals surface area contributed by atoms with E-state index in [2.05, 4.69) is 0 Å². The Bertz CT molecular complexity index is 519. The maximum Gasteiger partial charge on any atom is 0.295 e. The molecule has 1 unspecified atom stereocenters. The Hall–Kier alpha value is -2.03. The molecule has 9 nitrogen and oxygen atoms in total. The molecule has 9 heteroatoms. The molecule has 0 radical (unpaired) electrons. The number of fused-ring (bicyclic) bond motifs is 2. The zero-order valence-electron chi connectivity index (χ0n) is 11.1. The van der Waals surface area contributed by atoms with Crippen molar-refractivity contribution in [2.24, 2.45) is 5.73 Å². The molecule has 0 aromatic rings. The number of nitro groups is 2. The van der Waals surface area contributed by atoms with Gasteiger partial charge in [-0.3, -0.25) is 25.0 Å². The van der Waals surface area contributed by atoms with Gasteiger partial charge in [0.05, 0.1) is 13.0 Å². The van der Waals surface area contributed by atoms with E-state index in [-0.39, 0.29) is 31.5 Å². The highest BCUT2D eigenvalue weighted by atomic mass is 16.6. The van der Waals surface area contributed by atoms with E-state index < -0.39 is 26.8 Å². The first-order valence-electron chi connectivity index (χ1n) is 6.39. The lowest BCUT2D eigenvalue weighted by Gasteiger charge is -2.42. The molecule has 2 rings (SSSR count). The molecule has 0 aromatic carbocycles. The molecule has 1 aliphatic carbocycles. The van der Waals surface area contributed by atoms with E-state index in [1.807, 2.05) is 6.92 Å². The third-order valence-electron chi connectivity index (χ3n) is 4.30. The van der Waals surface area contributed by atoms with E-state index in [0.717, 1.165) is 4.90 Å². The Morgan fingerprint density at radius 1 is 1.40 bits per heavy atom. The number of primary amides is 1. The van der Waals surface area contributed by atoms with Gasteiger partial charge in [0, 0.05) is 21.5 Å². The molecule has 3 N–H and O–H groups in total. The maximum atomic E-state index is 11.5. The molecule has 20 heavy (non-hydrogen) atoms. The van der Waals surface area contributed by atoms with Crippen LogP contribution in [0.2, 0.25) is 0 Å². The van der Waals surface area contributed by atoms with Crippen LogP contribution in [0.4, 0.5) is 0 Å². The second kappa shape index (κ2) is 4.51. The van der Waals surface area contributed by atoms with E-state index in [1.165, 1.54) is 6.08 Å². The van der Waals surface area contributed by atoms with Crippen LogP contribution < -0.4 is 10.6 Å². The smallest absolute Gasteiger partial charge is 0.295 e. The first kappa shape index (κ1) is 14.4. The number of rotatable bonds is 4. The maximum absolute atomic E-state index is 11.5. The quantitative estimate of drug-likeness (QED) is 0.461. The molecule has 0 saturated carbocycles. The summed E-state index contributed by atoms with van der Waals surface area (Å²) in [5.74, 6) is -0.818. The summed E-state index contributed by atoms with van der Waals surface area (Å²) >= 11 is 0. The van der Waals surface area contributed by atoms with Crippen molar-refractivity contribution in [2.45, 2.75) is 30.8 Å². The molecule has 110 valence electrons. The normalized spacial score (nSPS) is 36.0. The van der Waals surface area contributed by atoms with Crippen molar-refractivity contribution >= 4 is 5.91 Å². The van der Waals surface area contributed by atoms with Crippen molar-refractivity contribution < 1.29 is 19.5 Å². The molecule has 0 spiro atoms. The molecule has 1 heterocycles. The monoisotopic (exact) mass is 285 g/mol. The summed E-state index contributed by atoms with van der Waals surface area (Å²) in [4.78, 5) is 34.1. The van der Waals surface area contributed by atoms with Crippen LogP contribution in [0, 0.1) is 20.2 Å². The number of hydrogen-bond acceptors (Lipinski definition) is 5. The van der Waals surface area contributed by atoms with Gasteiger partial charge < -0.3 is 10.6 Å². The number of nitrogens with two attached hydrogens (primary N) is 1. The molecule has 2 bridgehead atoms. The van der Waals surface area contributed by atoms with Gasteiger partial charge in [-0.15, -0.1) is 0 Å². The number of carbonyl (C=O) groups is 1. The highest BCUT2D eigenvalue weighted by molar-refractivity contribution is 5.92. The summed E-state index contributed by atoms with van der Waals surface area (Å²) < 4.78 is 0. The standard InChI is InChI=1S/C11H16N4O5/c1-2-13-6-10(14(17)18)3-8(9(12)16)4-11(5-10,7-13)15(19)20/h3H,2,4-7H2,1H3,(H2,12,16)/p+1/t10-,11-/m0/s1. The Morgan fingerprint density at radius 2 is 2.05 bits per heavy atom. The van der Waals surface area contributed by atoms with Crippen LogP contribution in [-0.2, 0) is 4.79 Å². The van der Waals surface area contributed by atoms with Crippen molar-refractivity contribution in [1.82, 2.24) is 0 Å². The van der Waals surface area contributed by atoms with Crippen LogP contribution in [0.5, 0.6) is 0 Å². The Balaban J connectivity index is 2.57. The van der Waals surface area contributed by atoms with Crippen molar-refractivity contribution in [3.05, 3.63) is 31.9 Å². The van der Waals surface area contributed by atoms with Crippen LogP contribution in [0.1, 0.15) is 19.8 Å². The summed E-state index contributed by atoms with van der Waals surface area (Å²) in [5, 5.41) is 22.9. The lowest BCUT2D eigenvalue weighted by Crippen LogP contribution is -3.18. The van der Waals surface area contributed by atoms with Crippen LogP contribution >= 0.6 is 0 Å². The second-order valence-electron chi connectivity index (χ2n) is 5.69. The van der Waals surface area contributed by atoms with Crippen molar-refractivity contribution in [3.63, 3.8) is 0 Å². The van der Waals surface area contributed by atoms with Gasteiger partial charge >= 0.3 is 0 Å². The first-order valence-corrected chi connectivity index (χ1v) is 6.39. The lowest BCUT2D eigenvalue weighted by molar-refractivity contribution is -0.941. The number of quaternary nitrogens is 1. The summed E-state index contributed by atoms with van der Waals surface area (Å²) in [6.45, 7) is 2.71. The number of nitrogens with zero attached hydrogens (tertiary/aromatic N) is 2. The first-order chi connectivity index (χ1) is 9.24. The van der Waals surface area contributed by atoms with E-state index in [0.29, 0.717) is 6.54 Å². The van der Waals surface area contributed by atoms with Gasteiger partial charge in [-0.2, -0.15) is 0 Å². The molecular weight excluding hydrogens is 268 g/mol. The third kappa shape index (κ3) is 2.03. The number of carbonyl (C=O) groups excluding carboxylic acids is 1. The molecule has 1 amide bonds. The molecule has 1 aliphatic heterocycles. The Morgan fingerprint density at radius 3 is 2.50 bits per heavy atom. The average molecular weight is 285 g/mol. The number of likely N-dealkylation sites (tertiary alicyclic amines) is 1. The molecule has 3 atom stereocenters. The minimum absolute atomic E-state index is 0.000182. The van der Waals surface area contributed by atoms with Gasteiger partial charge in [0.1, 0.15) is 13.0 Å². The number of likely N-dealkylation sites (N-methyl/N-ethyl adjacent to an activating group) is 1. The fraction of sp³-hybridized carbons (Fsp3) is 0.727. The number of hydrogen-bond donors (Lipinski definition) is 2. The van der Waals surface area contributed by atoms with Gasteiger partial charge in [-0.1, -0.05) is 0 Å². The van der Waals surface area contributed by atoms with Gasteiger partial charge in [-0.25, -0.2) is 0 Å². The van der Waals surface area contributed by atoms with Crippen LogP contribution in [-0.4, -0.2) is 46.5 Å². The Kier molecular flexibility index (Phi) is 3.24. The molecule has 2 aliphatic rings. The Labute approximate surface area is 114 Å². The van der Waals surface area contributed by atoms with Gasteiger partial charge in [0.25, 0.3) is 11.1 Å². The minimum atomic E-state index is -1.57. The van der Waals surface area contributed by atoms with E-state index in [4.69, 9.17) is 5.73 Å². The average Bonchev–Trinajstić information content (AvgIpc) is 2.36. The second-order valence-corrected chi connectivity index (χ2v) is 5.69. The number of amides is 1. The van der Waals surface area contributed by atoms with E-state index >= 15 is 0 Å². The van der Waals surface area contributed by atoms with Gasteiger partial charge in [0.15, 0.2) is 6.54 Å². The summed E-state index contributed by atoms with van der Waals surface area (Å²) in [5.41, 5.74) is 2.15.